The number of aromatic nitrogens is 2. The van der Waals surface area contributed by atoms with Gasteiger partial charge in [0.15, 0.2) is 0 Å². The summed E-state index contributed by atoms with van der Waals surface area (Å²) < 4.78 is 0.454. The Hall–Kier alpha value is -1.42. The Kier molecular flexibility index (Phi) is 2.59. The Morgan fingerprint density at radius 1 is 1.24 bits per heavy atom. The van der Waals surface area contributed by atoms with E-state index < -0.39 is 0 Å². The van der Waals surface area contributed by atoms with Crippen molar-refractivity contribution < 1.29 is 0 Å². The molecular formula is C13H11BrN2O. The maximum Gasteiger partial charge on any atom is 0.265 e. The normalized spacial score (nSPS) is 14.9. The van der Waals surface area contributed by atoms with Gasteiger partial charge in [-0.05, 0) is 40.3 Å². The van der Waals surface area contributed by atoms with Crippen LogP contribution in [-0.4, -0.2) is 9.97 Å². The third-order valence-electron chi connectivity index (χ3n) is 2.99. The molecule has 1 aliphatic rings. The number of benzene rings is 1. The van der Waals surface area contributed by atoms with Gasteiger partial charge in [-0.3, -0.25) is 4.79 Å². The molecule has 0 bridgehead atoms. The number of nitrogens with zero attached hydrogens (tertiary/aromatic N) is 1. The Balaban J connectivity index is 1.97. The van der Waals surface area contributed by atoms with Crippen LogP contribution < -0.4 is 5.56 Å². The van der Waals surface area contributed by atoms with Gasteiger partial charge in [0, 0.05) is 11.8 Å². The second kappa shape index (κ2) is 4.11. The lowest BCUT2D eigenvalue weighted by atomic mass is 10.1. The van der Waals surface area contributed by atoms with Crippen molar-refractivity contribution in [3.63, 3.8) is 0 Å². The molecular weight excluding hydrogens is 280 g/mol. The first-order valence-corrected chi connectivity index (χ1v) is 6.38. The number of halogens is 1. The van der Waals surface area contributed by atoms with E-state index in [-0.39, 0.29) is 5.56 Å². The summed E-state index contributed by atoms with van der Waals surface area (Å²) in [6.45, 7) is 0. The summed E-state index contributed by atoms with van der Waals surface area (Å²) in [7, 11) is 0. The third-order valence-corrected chi connectivity index (χ3v) is 3.55. The van der Waals surface area contributed by atoms with E-state index in [4.69, 9.17) is 0 Å². The van der Waals surface area contributed by atoms with Crippen LogP contribution in [0, 0.1) is 0 Å². The Labute approximate surface area is 107 Å². The quantitative estimate of drug-likeness (QED) is 0.924. The molecule has 0 radical (unpaired) electrons. The molecule has 3 rings (SSSR count). The number of H-pyrrole nitrogens is 1. The monoisotopic (exact) mass is 290 g/mol. The predicted octanol–water partition coefficient (Wildman–Crippen LogP) is 3.08. The smallest absolute Gasteiger partial charge is 0.265 e. The van der Waals surface area contributed by atoms with Gasteiger partial charge in [-0.25, -0.2) is 4.98 Å². The van der Waals surface area contributed by atoms with Crippen LogP contribution in [0.15, 0.2) is 39.7 Å². The second-order valence-corrected chi connectivity index (χ2v) is 5.16. The predicted molar refractivity (Wildman–Crippen MR) is 70.0 cm³/mol. The van der Waals surface area contributed by atoms with Crippen LogP contribution in [0.5, 0.6) is 0 Å². The van der Waals surface area contributed by atoms with Gasteiger partial charge < -0.3 is 4.98 Å². The topological polar surface area (TPSA) is 45.8 Å². The van der Waals surface area contributed by atoms with Gasteiger partial charge in [0.1, 0.15) is 10.3 Å². The van der Waals surface area contributed by atoms with Crippen molar-refractivity contribution in [3.05, 3.63) is 50.9 Å². The van der Waals surface area contributed by atoms with Crippen LogP contribution in [0.2, 0.25) is 0 Å². The standard InChI is InChI=1S/C13H11BrN2O/c14-11-7-15-12(16-13(11)17)10-5-3-9(4-6-10)8-1-2-8/h3-8H,1-2H2,(H,15,16,17). The summed E-state index contributed by atoms with van der Waals surface area (Å²) in [5.41, 5.74) is 2.17. The van der Waals surface area contributed by atoms with E-state index in [9.17, 15) is 4.79 Å². The van der Waals surface area contributed by atoms with Crippen LogP contribution in [0.1, 0.15) is 24.3 Å². The van der Waals surface area contributed by atoms with Crippen molar-refractivity contribution in [2.45, 2.75) is 18.8 Å². The van der Waals surface area contributed by atoms with Gasteiger partial charge in [-0.15, -0.1) is 0 Å². The van der Waals surface area contributed by atoms with Crippen LogP contribution in [0.25, 0.3) is 11.4 Å². The summed E-state index contributed by atoms with van der Waals surface area (Å²) in [4.78, 5) is 18.4. The molecule has 0 aliphatic heterocycles. The lowest BCUT2D eigenvalue weighted by Gasteiger charge is -2.02. The van der Waals surface area contributed by atoms with E-state index in [1.165, 1.54) is 24.6 Å². The number of hydrogen-bond donors (Lipinski definition) is 1. The molecule has 1 aromatic heterocycles. The highest BCUT2D eigenvalue weighted by Crippen LogP contribution is 2.40. The van der Waals surface area contributed by atoms with E-state index in [0.717, 1.165) is 11.5 Å². The van der Waals surface area contributed by atoms with Crippen molar-refractivity contribution in [2.75, 3.05) is 0 Å². The largest absolute Gasteiger partial charge is 0.306 e. The van der Waals surface area contributed by atoms with Crippen LogP contribution >= 0.6 is 15.9 Å². The van der Waals surface area contributed by atoms with E-state index in [2.05, 4.69) is 38.0 Å². The summed E-state index contributed by atoms with van der Waals surface area (Å²) in [6.07, 6.45) is 4.13. The fourth-order valence-electron chi connectivity index (χ4n) is 1.86. The summed E-state index contributed by atoms with van der Waals surface area (Å²) in [6, 6.07) is 8.27. The molecule has 1 saturated carbocycles. The van der Waals surface area contributed by atoms with Crippen LogP contribution in [0.3, 0.4) is 0 Å². The number of aromatic amines is 1. The zero-order valence-electron chi connectivity index (χ0n) is 9.11. The first kappa shape index (κ1) is 10.7. The van der Waals surface area contributed by atoms with Gasteiger partial charge >= 0.3 is 0 Å². The lowest BCUT2D eigenvalue weighted by molar-refractivity contribution is 1.10. The van der Waals surface area contributed by atoms with Crippen LogP contribution in [0.4, 0.5) is 0 Å². The van der Waals surface area contributed by atoms with Crippen molar-refractivity contribution in [3.8, 4) is 11.4 Å². The maximum atomic E-state index is 11.5. The molecule has 1 aliphatic carbocycles. The fraction of sp³-hybridized carbons (Fsp3) is 0.231. The van der Waals surface area contributed by atoms with E-state index >= 15 is 0 Å². The minimum atomic E-state index is -0.152. The SMILES string of the molecule is O=c1[nH]c(-c2ccc(C3CC3)cc2)ncc1Br. The summed E-state index contributed by atoms with van der Waals surface area (Å²) >= 11 is 3.13. The van der Waals surface area contributed by atoms with Gasteiger partial charge in [0.25, 0.3) is 5.56 Å². The van der Waals surface area contributed by atoms with Gasteiger partial charge in [-0.2, -0.15) is 0 Å². The molecule has 0 atom stereocenters. The minimum Gasteiger partial charge on any atom is -0.306 e. The van der Waals surface area contributed by atoms with Crippen molar-refractivity contribution >= 4 is 15.9 Å². The number of rotatable bonds is 2. The van der Waals surface area contributed by atoms with Gasteiger partial charge in [0.2, 0.25) is 0 Å². The Bertz CT molecular complexity index is 600. The molecule has 1 fully saturated rings. The average Bonchev–Trinajstić information content (AvgIpc) is 3.17. The molecule has 0 spiro atoms. The molecule has 0 saturated heterocycles. The molecule has 1 N–H and O–H groups in total. The zero-order chi connectivity index (χ0) is 11.8. The highest BCUT2D eigenvalue weighted by atomic mass is 79.9. The first-order chi connectivity index (χ1) is 8.24. The lowest BCUT2D eigenvalue weighted by Crippen LogP contribution is -2.08. The highest BCUT2D eigenvalue weighted by molar-refractivity contribution is 9.10. The minimum absolute atomic E-state index is 0.152. The molecule has 4 heteroatoms. The molecule has 2 aromatic rings. The zero-order valence-corrected chi connectivity index (χ0v) is 10.7. The number of nitrogens with one attached hydrogen (secondary N) is 1. The first-order valence-electron chi connectivity index (χ1n) is 5.59. The van der Waals surface area contributed by atoms with E-state index in [0.29, 0.717) is 10.3 Å². The molecule has 1 aromatic carbocycles. The Morgan fingerprint density at radius 2 is 1.94 bits per heavy atom. The van der Waals surface area contributed by atoms with E-state index in [1.54, 1.807) is 0 Å². The third kappa shape index (κ3) is 2.17. The fourth-order valence-corrected chi connectivity index (χ4v) is 2.06. The second-order valence-electron chi connectivity index (χ2n) is 4.31. The molecule has 0 amide bonds. The average molecular weight is 291 g/mol. The van der Waals surface area contributed by atoms with Crippen LogP contribution in [-0.2, 0) is 0 Å². The Morgan fingerprint density at radius 3 is 2.53 bits per heavy atom. The molecule has 1 heterocycles. The van der Waals surface area contributed by atoms with Crippen molar-refractivity contribution in [1.82, 2.24) is 9.97 Å². The summed E-state index contributed by atoms with van der Waals surface area (Å²) in [5.74, 6) is 1.36. The molecule has 3 nitrogen and oxygen atoms in total. The van der Waals surface area contributed by atoms with Gasteiger partial charge in [0.05, 0.1) is 0 Å². The molecule has 86 valence electrons. The molecule has 0 unspecified atom stereocenters. The van der Waals surface area contributed by atoms with Crippen molar-refractivity contribution in [1.29, 1.82) is 0 Å². The number of hydrogen-bond acceptors (Lipinski definition) is 2. The molecule has 17 heavy (non-hydrogen) atoms. The van der Waals surface area contributed by atoms with Crippen molar-refractivity contribution in [2.24, 2.45) is 0 Å². The van der Waals surface area contributed by atoms with E-state index in [1.807, 2.05) is 12.1 Å². The summed E-state index contributed by atoms with van der Waals surface area (Å²) in [5, 5.41) is 0. The highest BCUT2D eigenvalue weighted by Gasteiger charge is 2.23. The van der Waals surface area contributed by atoms with Gasteiger partial charge in [-0.1, -0.05) is 24.3 Å². The maximum absolute atomic E-state index is 11.5.